The zero-order valence-corrected chi connectivity index (χ0v) is 14.9. The molecule has 5 nitrogen and oxygen atoms in total. The minimum absolute atomic E-state index is 0.113. The van der Waals surface area contributed by atoms with Crippen LogP contribution in [-0.4, -0.2) is 18.4 Å². The third-order valence-corrected chi connectivity index (χ3v) is 3.91. The van der Waals surface area contributed by atoms with Crippen molar-refractivity contribution in [3.8, 4) is 0 Å². The molecule has 0 aliphatic rings. The van der Waals surface area contributed by atoms with E-state index in [9.17, 15) is 9.59 Å². The van der Waals surface area contributed by atoms with Crippen molar-refractivity contribution in [3.63, 3.8) is 0 Å². The van der Waals surface area contributed by atoms with Crippen LogP contribution in [0.15, 0.2) is 50.0 Å². The van der Waals surface area contributed by atoms with Gasteiger partial charge in [0.25, 0.3) is 5.91 Å². The van der Waals surface area contributed by atoms with Gasteiger partial charge in [-0.1, -0.05) is 28.1 Å². The number of furan rings is 1. The normalized spacial score (nSPS) is 11.8. The number of hydrogen-bond donors (Lipinski definition) is 2. The number of amides is 2. The highest BCUT2D eigenvalue weighted by Crippen LogP contribution is 2.16. The maximum Gasteiger partial charge on any atom is 0.287 e. The summed E-state index contributed by atoms with van der Waals surface area (Å²) in [4.78, 5) is 23.6. The molecule has 2 aromatic rings. The maximum atomic E-state index is 11.9. The standard InChI is InChI=1S/C15H14Br2N2O3/c1-9(10-2-4-11(16)5-3-10)19-14(20)8-18-15(21)12-6-7-13(17)22-12/h2-7,9H,8H2,1H3,(H,18,21)(H,19,20). The maximum absolute atomic E-state index is 11.9. The minimum Gasteiger partial charge on any atom is -0.444 e. The second-order valence-electron chi connectivity index (χ2n) is 4.63. The summed E-state index contributed by atoms with van der Waals surface area (Å²) in [5, 5.41) is 5.32. The summed E-state index contributed by atoms with van der Waals surface area (Å²) < 4.78 is 6.55. The first kappa shape index (κ1) is 16.8. The van der Waals surface area contributed by atoms with E-state index in [4.69, 9.17) is 4.42 Å². The van der Waals surface area contributed by atoms with Gasteiger partial charge >= 0.3 is 0 Å². The highest BCUT2D eigenvalue weighted by atomic mass is 79.9. The Hall–Kier alpha value is -1.60. The van der Waals surface area contributed by atoms with Gasteiger partial charge in [0, 0.05) is 4.47 Å². The van der Waals surface area contributed by atoms with Crippen LogP contribution in [0.5, 0.6) is 0 Å². The lowest BCUT2D eigenvalue weighted by Crippen LogP contribution is -2.37. The lowest BCUT2D eigenvalue weighted by Gasteiger charge is -2.14. The van der Waals surface area contributed by atoms with Gasteiger partial charge in [-0.05, 0) is 52.7 Å². The molecule has 1 atom stereocenters. The zero-order chi connectivity index (χ0) is 16.1. The van der Waals surface area contributed by atoms with Gasteiger partial charge < -0.3 is 15.1 Å². The Labute approximate surface area is 144 Å². The van der Waals surface area contributed by atoms with E-state index in [1.54, 1.807) is 6.07 Å². The molecule has 0 saturated carbocycles. The Morgan fingerprint density at radius 1 is 1.14 bits per heavy atom. The second-order valence-corrected chi connectivity index (χ2v) is 6.32. The van der Waals surface area contributed by atoms with Gasteiger partial charge in [-0.25, -0.2) is 0 Å². The van der Waals surface area contributed by atoms with Crippen LogP contribution in [0, 0.1) is 0 Å². The fourth-order valence-corrected chi connectivity index (χ4v) is 2.38. The molecule has 22 heavy (non-hydrogen) atoms. The largest absolute Gasteiger partial charge is 0.444 e. The average Bonchev–Trinajstić information content (AvgIpc) is 2.92. The molecule has 0 aliphatic carbocycles. The number of nitrogens with one attached hydrogen (secondary N) is 2. The van der Waals surface area contributed by atoms with E-state index >= 15 is 0 Å². The van der Waals surface area contributed by atoms with Crippen LogP contribution in [0.3, 0.4) is 0 Å². The lowest BCUT2D eigenvalue weighted by atomic mass is 10.1. The Bertz CT molecular complexity index is 668. The summed E-state index contributed by atoms with van der Waals surface area (Å²) in [5.41, 5.74) is 0.984. The Balaban J connectivity index is 1.82. The molecule has 0 saturated heterocycles. The SMILES string of the molecule is CC(NC(=O)CNC(=O)c1ccc(Br)o1)c1ccc(Br)cc1. The minimum atomic E-state index is -0.433. The summed E-state index contributed by atoms with van der Waals surface area (Å²) in [6, 6.07) is 10.7. The van der Waals surface area contributed by atoms with Crippen molar-refractivity contribution in [2.45, 2.75) is 13.0 Å². The van der Waals surface area contributed by atoms with Gasteiger partial charge in [0.15, 0.2) is 10.4 Å². The van der Waals surface area contributed by atoms with E-state index < -0.39 is 5.91 Å². The topological polar surface area (TPSA) is 71.3 Å². The summed E-state index contributed by atoms with van der Waals surface area (Å²) in [6.07, 6.45) is 0. The predicted molar refractivity (Wildman–Crippen MR) is 89.4 cm³/mol. The number of rotatable bonds is 5. The zero-order valence-electron chi connectivity index (χ0n) is 11.7. The molecule has 2 rings (SSSR count). The summed E-state index contributed by atoms with van der Waals surface area (Å²) in [6.45, 7) is 1.77. The lowest BCUT2D eigenvalue weighted by molar-refractivity contribution is -0.120. The highest BCUT2D eigenvalue weighted by molar-refractivity contribution is 9.10. The fraction of sp³-hybridized carbons (Fsp3) is 0.200. The van der Waals surface area contributed by atoms with Gasteiger partial charge in [0.05, 0.1) is 12.6 Å². The molecule has 0 radical (unpaired) electrons. The van der Waals surface area contributed by atoms with Crippen molar-refractivity contribution in [2.24, 2.45) is 0 Å². The van der Waals surface area contributed by atoms with Crippen LogP contribution in [0.4, 0.5) is 0 Å². The van der Waals surface area contributed by atoms with Crippen molar-refractivity contribution in [1.29, 1.82) is 0 Å². The Morgan fingerprint density at radius 2 is 1.82 bits per heavy atom. The van der Waals surface area contributed by atoms with Crippen molar-refractivity contribution in [3.05, 3.63) is 56.9 Å². The van der Waals surface area contributed by atoms with Crippen LogP contribution >= 0.6 is 31.9 Å². The summed E-state index contributed by atoms with van der Waals surface area (Å²) >= 11 is 6.48. The summed E-state index contributed by atoms with van der Waals surface area (Å²) in [5.74, 6) is -0.549. The molecule has 0 bridgehead atoms. The van der Waals surface area contributed by atoms with E-state index in [2.05, 4.69) is 42.5 Å². The molecule has 1 aromatic carbocycles. The van der Waals surface area contributed by atoms with Crippen molar-refractivity contribution >= 4 is 43.7 Å². The van der Waals surface area contributed by atoms with Crippen LogP contribution in [-0.2, 0) is 4.79 Å². The van der Waals surface area contributed by atoms with Crippen LogP contribution < -0.4 is 10.6 Å². The molecule has 1 aromatic heterocycles. The Morgan fingerprint density at radius 3 is 2.41 bits per heavy atom. The van der Waals surface area contributed by atoms with Crippen LogP contribution in [0.1, 0.15) is 29.1 Å². The third kappa shape index (κ3) is 4.71. The Kier molecular flexibility index (Phi) is 5.79. The van der Waals surface area contributed by atoms with Gasteiger partial charge in [-0.3, -0.25) is 9.59 Å². The molecular weight excluding hydrogens is 416 g/mol. The van der Waals surface area contributed by atoms with E-state index in [1.165, 1.54) is 6.07 Å². The molecule has 2 N–H and O–H groups in total. The molecule has 116 valence electrons. The molecule has 7 heteroatoms. The molecule has 0 spiro atoms. The fourth-order valence-electron chi connectivity index (χ4n) is 1.81. The van der Waals surface area contributed by atoms with Gasteiger partial charge in [0.1, 0.15) is 0 Å². The van der Waals surface area contributed by atoms with E-state index in [0.717, 1.165) is 10.0 Å². The number of carbonyl (C=O) groups is 2. The predicted octanol–water partition coefficient (Wildman–Crippen LogP) is 3.41. The van der Waals surface area contributed by atoms with E-state index in [-0.39, 0.29) is 24.3 Å². The number of carbonyl (C=O) groups excluding carboxylic acids is 2. The first-order valence-electron chi connectivity index (χ1n) is 6.54. The van der Waals surface area contributed by atoms with Gasteiger partial charge in [-0.15, -0.1) is 0 Å². The van der Waals surface area contributed by atoms with Crippen molar-refractivity contribution in [2.75, 3.05) is 6.54 Å². The molecule has 2 amide bonds. The molecule has 0 fully saturated rings. The first-order chi connectivity index (χ1) is 10.5. The van der Waals surface area contributed by atoms with Crippen LogP contribution in [0.2, 0.25) is 0 Å². The smallest absolute Gasteiger partial charge is 0.287 e. The first-order valence-corrected chi connectivity index (χ1v) is 8.12. The number of halogens is 2. The number of benzene rings is 1. The third-order valence-electron chi connectivity index (χ3n) is 2.95. The van der Waals surface area contributed by atoms with Gasteiger partial charge in [-0.2, -0.15) is 0 Å². The molecule has 1 unspecified atom stereocenters. The highest BCUT2D eigenvalue weighted by Gasteiger charge is 2.13. The second kappa shape index (κ2) is 7.60. The summed E-state index contributed by atoms with van der Waals surface area (Å²) in [7, 11) is 0. The monoisotopic (exact) mass is 428 g/mol. The van der Waals surface area contributed by atoms with E-state index in [0.29, 0.717) is 4.67 Å². The van der Waals surface area contributed by atoms with Gasteiger partial charge in [0.2, 0.25) is 5.91 Å². The molecule has 0 aliphatic heterocycles. The molecule has 1 heterocycles. The van der Waals surface area contributed by atoms with E-state index in [1.807, 2.05) is 31.2 Å². The average molecular weight is 430 g/mol. The van der Waals surface area contributed by atoms with Crippen LogP contribution in [0.25, 0.3) is 0 Å². The quantitative estimate of drug-likeness (QED) is 0.764. The number of hydrogen-bond acceptors (Lipinski definition) is 3. The van der Waals surface area contributed by atoms with Crippen molar-refractivity contribution < 1.29 is 14.0 Å². The van der Waals surface area contributed by atoms with Crippen molar-refractivity contribution in [1.82, 2.24) is 10.6 Å². The molecular formula is C15H14Br2N2O3.